The molecule has 1 heterocycles. The van der Waals surface area contributed by atoms with Crippen molar-refractivity contribution in [3.8, 4) is 11.5 Å². The van der Waals surface area contributed by atoms with Gasteiger partial charge in [-0.2, -0.15) is 0 Å². The lowest BCUT2D eigenvalue weighted by atomic mass is 10.2. The molecule has 0 unspecified atom stereocenters. The van der Waals surface area contributed by atoms with E-state index in [1.54, 1.807) is 32.4 Å². The summed E-state index contributed by atoms with van der Waals surface area (Å²) >= 11 is 0. The molecule has 0 aliphatic carbocycles. The Balaban J connectivity index is 2.48. The minimum atomic E-state index is -0.365. The Kier molecular flexibility index (Phi) is 3.93. The molecule has 0 N–H and O–H groups in total. The summed E-state index contributed by atoms with van der Waals surface area (Å²) in [4.78, 5) is 23.8. The zero-order valence-electron chi connectivity index (χ0n) is 11.6. The van der Waals surface area contributed by atoms with Crippen LogP contribution < -0.4 is 20.7 Å². The zero-order chi connectivity index (χ0) is 14.7. The lowest BCUT2D eigenvalue weighted by Crippen LogP contribution is -2.38. The molecule has 6 heteroatoms. The van der Waals surface area contributed by atoms with E-state index in [9.17, 15) is 9.59 Å². The average molecular weight is 276 g/mol. The predicted octanol–water partition coefficient (Wildman–Crippen LogP) is 0.612. The molecule has 1 aromatic carbocycles. The number of rotatable bonds is 4. The van der Waals surface area contributed by atoms with Gasteiger partial charge in [0.05, 0.1) is 20.8 Å². The van der Waals surface area contributed by atoms with E-state index in [1.165, 1.54) is 23.9 Å². The third-order valence-electron chi connectivity index (χ3n) is 3.06. The first-order chi connectivity index (χ1) is 9.56. The van der Waals surface area contributed by atoms with Crippen LogP contribution in [0.2, 0.25) is 0 Å². The Morgan fingerprint density at radius 1 is 1.10 bits per heavy atom. The largest absolute Gasteiger partial charge is 0.497 e. The highest BCUT2D eigenvalue weighted by Crippen LogP contribution is 2.24. The van der Waals surface area contributed by atoms with Crippen molar-refractivity contribution in [2.75, 3.05) is 14.2 Å². The Morgan fingerprint density at radius 2 is 1.85 bits per heavy atom. The summed E-state index contributed by atoms with van der Waals surface area (Å²) in [5, 5.41) is 0. The van der Waals surface area contributed by atoms with Crippen molar-refractivity contribution in [3.05, 3.63) is 56.9 Å². The van der Waals surface area contributed by atoms with Crippen LogP contribution in [0.1, 0.15) is 5.56 Å². The lowest BCUT2D eigenvalue weighted by molar-refractivity contribution is 0.389. The molecule has 106 valence electrons. The Morgan fingerprint density at radius 3 is 2.50 bits per heavy atom. The van der Waals surface area contributed by atoms with Crippen LogP contribution in [0.3, 0.4) is 0 Å². The third kappa shape index (κ3) is 2.59. The second-order valence-corrected chi connectivity index (χ2v) is 4.31. The number of methoxy groups -OCH3 is 2. The first-order valence-corrected chi connectivity index (χ1v) is 6.04. The van der Waals surface area contributed by atoms with Gasteiger partial charge < -0.3 is 14.0 Å². The number of hydrogen-bond acceptors (Lipinski definition) is 4. The van der Waals surface area contributed by atoms with E-state index in [-0.39, 0.29) is 17.8 Å². The molecule has 0 bridgehead atoms. The fraction of sp³-hybridized carbons (Fsp3) is 0.286. The highest BCUT2D eigenvalue weighted by atomic mass is 16.5. The zero-order valence-corrected chi connectivity index (χ0v) is 11.6. The number of aryl methyl sites for hydroxylation is 1. The van der Waals surface area contributed by atoms with Crippen molar-refractivity contribution < 1.29 is 9.47 Å². The molecule has 0 amide bonds. The van der Waals surface area contributed by atoms with E-state index in [4.69, 9.17) is 9.47 Å². The van der Waals surface area contributed by atoms with Crippen molar-refractivity contribution in [3.63, 3.8) is 0 Å². The Bertz CT molecular complexity index is 731. The van der Waals surface area contributed by atoms with Crippen molar-refractivity contribution in [1.82, 2.24) is 9.13 Å². The normalized spacial score (nSPS) is 10.3. The van der Waals surface area contributed by atoms with Crippen LogP contribution in [-0.2, 0) is 13.6 Å². The van der Waals surface area contributed by atoms with Crippen LogP contribution in [0.5, 0.6) is 11.5 Å². The monoisotopic (exact) mass is 276 g/mol. The molecular formula is C14H16N2O4. The van der Waals surface area contributed by atoms with Crippen LogP contribution in [0.4, 0.5) is 0 Å². The maximum Gasteiger partial charge on any atom is 0.331 e. The average Bonchev–Trinajstić information content (AvgIpc) is 2.47. The van der Waals surface area contributed by atoms with E-state index < -0.39 is 0 Å². The molecule has 1 aromatic heterocycles. The third-order valence-corrected chi connectivity index (χ3v) is 3.06. The van der Waals surface area contributed by atoms with Gasteiger partial charge in [0.25, 0.3) is 5.56 Å². The van der Waals surface area contributed by atoms with Crippen LogP contribution in [-0.4, -0.2) is 23.4 Å². The van der Waals surface area contributed by atoms with Crippen LogP contribution in [0.25, 0.3) is 0 Å². The summed E-state index contributed by atoms with van der Waals surface area (Å²) in [7, 11) is 4.69. The molecule has 0 atom stereocenters. The van der Waals surface area contributed by atoms with E-state index in [1.807, 2.05) is 0 Å². The van der Waals surface area contributed by atoms with Gasteiger partial charge in [0.2, 0.25) is 0 Å². The molecule has 0 radical (unpaired) electrons. The highest BCUT2D eigenvalue weighted by molar-refractivity contribution is 5.40. The number of aromatic nitrogens is 2. The van der Waals surface area contributed by atoms with Gasteiger partial charge in [-0.1, -0.05) is 0 Å². The van der Waals surface area contributed by atoms with Gasteiger partial charge >= 0.3 is 5.69 Å². The molecule has 0 aliphatic rings. The second kappa shape index (κ2) is 5.64. The number of benzene rings is 1. The van der Waals surface area contributed by atoms with E-state index in [0.717, 1.165) is 10.1 Å². The van der Waals surface area contributed by atoms with Crippen LogP contribution in [0.15, 0.2) is 40.1 Å². The fourth-order valence-corrected chi connectivity index (χ4v) is 1.91. The van der Waals surface area contributed by atoms with E-state index in [2.05, 4.69) is 0 Å². The molecule has 0 aliphatic heterocycles. The quantitative estimate of drug-likeness (QED) is 0.821. The summed E-state index contributed by atoms with van der Waals surface area (Å²) in [5.41, 5.74) is 0.0278. The molecule has 2 rings (SSSR count). The summed E-state index contributed by atoms with van der Waals surface area (Å²) in [5.74, 6) is 1.22. The van der Waals surface area contributed by atoms with Gasteiger partial charge in [-0.3, -0.25) is 9.36 Å². The smallest absolute Gasteiger partial charge is 0.331 e. The molecular weight excluding hydrogens is 260 g/mol. The minimum absolute atomic E-state index is 0.152. The standard InChI is InChI=1S/C14H16N2O4/c1-15-7-6-13(17)16(14(15)18)9-10-4-5-11(19-2)8-12(10)20-3/h4-8H,9H2,1-3H3. The molecule has 0 spiro atoms. The van der Waals surface area contributed by atoms with E-state index in [0.29, 0.717) is 11.5 Å². The van der Waals surface area contributed by atoms with Crippen LogP contribution in [0, 0.1) is 0 Å². The van der Waals surface area contributed by atoms with Crippen molar-refractivity contribution in [1.29, 1.82) is 0 Å². The molecule has 20 heavy (non-hydrogen) atoms. The summed E-state index contributed by atoms with van der Waals surface area (Å²) in [6.45, 7) is 0.152. The molecule has 6 nitrogen and oxygen atoms in total. The summed E-state index contributed by atoms with van der Waals surface area (Å²) in [6, 6.07) is 6.61. The second-order valence-electron chi connectivity index (χ2n) is 4.31. The topological polar surface area (TPSA) is 62.5 Å². The number of ether oxygens (including phenoxy) is 2. The van der Waals surface area contributed by atoms with Gasteiger partial charge in [-0.15, -0.1) is 0 Å². The summed E-state index contributed by atoms with van der Waals surface area (Å²) in [6.07, 6.45) is 1.45. The Hall–Kier alpha value is -2.50. The van der Waals surface area contributed by atoms with Crippen molar-refractivity contribution >= 4 is 0 Å². The minimum Gasteiger partial charge on any atom is -0.497 e. The maximum atomic E-state index is 12.0. The lowest BCUT2D eigenvalue weighted by Gasteiger charge is -2.12. The SMILES string of the molecule is COc1ccc(Cn2c(=O)ccn(C)c2=O)c(OC)c1. The predicted molar refractivity (Wildman–Crippen MR) is 74.6 cm³/mol. The first kappa shape index (κ1) is 13.9. The van der Waals surface area contributed by atoms with Crippen LogP contribution >= 0.6 is 0 Å². The number of nitrogens with zero attached hydrogens (tertiary/aromatic N) is 2. The molecule has 0 saturated heterocycles. The molecule has 2 aromatic rings. The number of hydrogen-bond donors (Lipinski definition) is 0. The van der Waals surface area contributed by atoms with E-state index >= 15 is 0 Å². The van der Waals surface area contributed by atoms with Crippen molar-refractivity contribution in [2.45, 2.75) is 6.54 Å². The highest BCUT2D eigenvalue weighted by Gasteiger charge is 2.09. The molecule has 0 saturated carbocycles. The fourth-order valence-electron chi connectivity index (χ4n) is 1.91. The van der Waals surface area contributed by atoms with Gasteiger partial charge in [0.1, 0.15) is 11.5 Å². The summed E-state index contributed by atoms with van der Waals surface area (Å²) < 4.78 is 12.9. The van der Waals surface area contributed by atoms with Gasteiger partial charge in [-0.05, 0) is 12.1 Å². The Labute approximate surface area is 115 Å². The first-order valence-electron chi connectivity index (χ1n) is 6.04. The van der Waals surface area contributed by atoms with Gasteiger partial charge in [0.15, 0.2) is 0 Å². The maximum absolute atomic E-state index is 12.0. The molecule has 0 fully saturated rings. The van der Waals surface area contributed by atoms with Crippen molar-refractivity contribution in [2.24, 2.45) is 7.05 Å². The van der Waals surface area contributed by atoms with Gasteiger partial charge in [-0.25, -0.2) is 4.79 Å². The van der Waals surface area contributed by atoms with Gasteiger partial charge in [0, 0.05) is 30.9 Å².